The quantitative estimate of drug-likeness (QED) is 0.770. The van der Waals surface area contributed by atoms with Crippen molar-refractivity contribution < 1.29 is 13.2 Å². The van der Waals surface area contributed by atoms with Gasteiger partial charge in [-0.15, -0.1) is 11.3 Å². The van der Waals surface area contributed by atoms with Crippen LogP contribution in [0.25, 0.3) is 10.7 Å². The molecular formula is C12H9F3N6S. The second-order valence-electron chi connectivity index (χ2n) is 4.20. The molecule has 0 aromatic carbocycles. The number of halogens is 3. The Labute approximate surface area is 126 Å². The molecule has 2 N–H and O–H groups in total. The maximum atomic E-state index is 12.5. The third-order valence-corrected chi connectivity index (χ3v) is 3.50. The van der Waals surface area contributed by atoms with Crippen molar-refractivity contribution in [3.63, 3.8) is 0 Å². The monoisotopic (exact) mass is 326 g/mol. The summed E-state index contributed by atoms with van der Waals surface area (Å²) < 4.78 is 37.6. The first kappa shape index (κ1) is 14.4. The van der Waals surface area contributed by atoms with E-state index in [1.54, 1.807) is 0 Å². The van der Waals surface area contributed by atoms with Crippen LogP contribution in [0.3, 0.4) is 0 Å². The Kier molecular flexibility index (Phi) is 3.75. The number of H-pyrrole nitrogens is 1. The van der Waals surface area contributed by atoms with E-state index in [9.17, 15) is 13.2 Å². The number of hydrogen-bond acceptors (Lipinski definition) is 6. The largest absolute Gasteiger partial charge is 0.433 e. The summed E-state index contributed by atoms with van der Waals surface area (Å²) in [6.07, 6.45) is -3.45. The lowest BCUT2D eigenvalue weighted by molar-refractivity contribution is -0.141. The minimum absolute atomic E-state index is 0.121. The fraction of sp³-hybridized carbons (Fsp3) is 0.167. The molecule has 3 aromatic rings. The van der Waals surface area contributed by atoms with E-state index in [0.717, 1.165) is 17.1 Å². The molecule has 0 aliphatic rings. The van der Waals surface area contributed by atoms with Gasteiger partial charge in [0.2, 0.25) is 5.95 Å². The van der Waals surface area contributed by atoms with Crippen LogP contribution in [0, 0.1) is 0 Å². The highest BCUT2D eigenvalue weighted by molar-refractivity contribution is 7.13. The topological polar surface area (TPSA) is 79.4 Å². The molecule has 0 fully saturated rings. The number of anilines is 1. The van der Waals surface area contributed by atoms with Gasteiger partial charge >= 0.3 is 6.18 Å². The molecule has 3 heterocycles. The van der Waals surface area contributed by atoms with Gasteiger partial charge < -0.3 is 5.32 Å². The van der Waals surface area contributed by atoms with Crippen molar-refractivity contribution in [2.45, 2.75) is 12.7 Å². The standard InChI is InChI=1S/C12H9F3N6S/c13-12(14,15)8-3-4-16-11(18-8)17-6-9-19-10(21-20-9)7-2-1-5-22-7/h1-5H,6H2,(H,16,17,18)(H,19,20,21). The van der Waals surface area contributed by atoms with E-state index in [-0.39, 0.29) is 12.5 Å². The van der Waals surface area contributed by atoms with Gasteiger partial charge in [0.15, 0.2) is 5.82 Å². The van der Waals surface area contributed by atoms with Crippen LogP contribution < -0.4 is 5.32 Å². The van der Waals surface area contributed by atoms with Crippen molar-refractivity contribution in [1.82, 2.24) is 25.1 Å². The minimum Gasteiger partial charge on any atom is -0.347 e. The molecule has 3 rings (SSSR count). The molecule has 0 spiro atoms. The lowest BCUT2D eigenvalue weighted by Crippen LogP contribution is -2.11. The van der Waals surface area contributed by atoms with E-state index >= 15 is 0 Å². The summed E-state index contributed by atoms with van der Waals surface area (Å²) in [5.74, 6) is 0.894. The fourth-order valence-corrected chi connectivity index (χ4v) is 2.31. The molecule has 0 amide bonds. The number of hydrogen-bond donors (Lipinski definition) is 2. The molecule has 0 radical (unpaired) electrons. The van der Waals surface area contributed by atoms with Crippen molar-refractivity contribution >= 4 is 17.3 Å². The Morgan fingerprint density at radius 3 is 2.82 bits per heavy atom. The van der Waals surface area contributed by atoms with Crippen LogP contribution in [0.4, 0.5) is 19.1 Å². The van der Waals surface area contributed by atoms with Crippen molar-refractivity contribution in [2.24, 2.45) is 0 Å². The predicted octanol–water partition coefficient (Wildman–Crippen LogP) is 2.95. The van der Waals surface area contributed by atoms with Gasteiger partial charge in [-0.25, -0.2) is 15.0 Å². The molecule has 6 nitrogen and oxygen atoms in total. The van der Waals surface area contributed by atoms with Gasteiger partial charge in [-0.1, -0.05) is 6.07 Å². The Hall–Kier alpha value is -2.49. The first-order valence-corrected chi connectivity index (χ1v) is 6.99. The first-order chi connectivity index (χ1) is 10.5. The molecule has 0 saturated carbocycles. The maximum absolute atomic E-state index is 12.5. The van der Waals surface area contributed by atoms with Gasteiger partial charge in [0.1, 0.15) is 11.5 Å². The highest BCUT2D eigenvalue weighted by Gasteiger charge is 2.32. The van der Waals surface area contributed by atoms with Crippen LogP contribution in [0.2, 0.25) is 0 Å². The van der Waals surface area contributed by atoms with Gasteiger partial charge in [-0.2, -0.15) is 18.3 Å². The number of aromatic nitrogens is 5. The van der Waals surface area contributed by atoms with E-state index in [4.69, 9.17) is 0 Å². The van der Waals surface area contributed by atoms with E-state index < -0.39 is 11.9 Å². The molecule has 0 bridgehead atoms. The van der Waals surface area contributed by atoms with E-state index in [1.807, 2.05) is 17.5 Å². The number of rotatable bonds is 4. The van der Waals surface area contributed by atoms with Gasteiger partial charge in [0.25, 0.3) is 0 Å². The van der Waals surface area contributed by atoms with Gasteiger partial charge in [0, 0.05) is 6.20 Å². The lowest BCUT2D eigenvalue weighted by Gasteiger charge is -2.07. The highest BCUT2D eigenvalue weighted by Crippen LogP contribution is 2.27. The zero-order valence-electron chi connectivity index (χ0n) is 10.9. The molecular weight excluding hydrogens is 317 g/mol. The van der Waals surface area contributed by atoms with Gasteiger partial charge in [-0.3, -0.25) is 5.10 Å². The molecule has 3 aromatic heterocycles. The van der Waals surface area contributed by atoms with E-state index in [0.29, 0.717) is 11.6 Å². The molecule has 10 heteroatoms. The average Bonchev–Trinajstić information content (AvgIpc) is 3.15. The summed E-state index contributed by atoms with van der Waals surface area (Å²) in [6, 6.07) is 4.57. The number of thiophene rings is 1. The van der Waals surface area contributed by atoms with Gasteiger partial charge in [-0.05, 0) is 17.5 Å². The Bertz CT molecular complexity index is 752. The van der Waals surface area contributed by atoms with E-state index in [1.165, 1.54) is 11.3 Å². The van der Waals surface area contributed by atoms with Crippen LogP contribution in [-0.2, 0) is 12.7 Å². The summed E-state index contributed by atoms with van der Waals surface area (Å²) in [5.41, 5.74) is -0.998. The predicted molar refractivity (Wildman–Crippen MR) is 74.1 cm³/mol. The number of nitrogens with one attached hydrogen (secondary N) is 2. The molecule has 0 unspecified atom stereocenters. The summed E-state index contributed by atoms with van der Waals surface area (Å²) >= 11 is 1.49. The Morgan fingerprint density at radius 1 is 1.23 bits per heavy atom. The van der Waals surface area contributed by atoms with Crippen molar-refractivity contribution in [1.29, 1.82) is 0 Å². The zero-order chi connectivity index (χ0) is 15.6. The lowest BCUT2D eigenvalue weighted by atomic mass is 10.4. The van der Waals surface area contributed by atoms with E-state index in [2.05, 4.69) is 30.5 Å². The molecule has 0 aliphatic carbocycles. The highest BCUT2D eigenvalue weighted by atomic mass is 32.1. The summed E-state index contributed by atoms with van der Waals surface area (Å²) in [5, 5.41) is 11.3. The smallest absolute Gasteiger partial charge is 0.347 e. The van der Waals surface area contributed by atoms with Crippen LogP contribution in [0.1, 0.15) is 11.5 Å². The molecule has 0 saturated heterocycles. The molecule has 114 valence electrons. The number of nitrogens with zero attached hydrogens (tertiary/aromatic N) is 4. The van der Waals surface area contributed by atoms with Crippen molar-refractivity contribution in [2.75, 3.05) is 5.32 Å². The fourth-order valence-electron chi connectivity index (χ4n) is 1.65. The molecule has 0 atom stereocenters. The van der Waals surface area contributed by atoms with Crippen LogP contribution in [0.5, 0.6) is 0 Å². The maximum Gasteiger partial charge on any atom is 0.433 e. The first-order valence-electron chi connectivity index (χ1n) is 6.11. The second kappa shape index (κ2) is 5.72. The summed E-state index contributed by atoms with van der Waals surface area (Å²) in [4.78, 5) is 12.3. The van der Waals surface area contributed by atoms with Crippen molar-refractivity contribution in [3.05, 3.63) is 41.3 Å². The SMILES string of the molecule is FC(F)(F)c1ccnc(NCc2nc(-c3cccs3)n[nH]2)n1. The minimum atomic E-state index is -4.50. The Balaban J connectivity index is 1.68. The summed E-state index contributed by atoms with van der Waals surface area (Å²) in [7, 11) is 0. The van der Waals surface area contributed by atoms with Crippen molar-refractivity contribution in [3.8, 4) is 10.7 Å². The number of alkyl halides is 3. The normalized spacial score (nSPS) is 11.6. The second-order valence-corrected chi connectivity index (χ2v) is 5.15. The average molecular weight is 326 g/mol. The third-order valence-electron chi connectivity index (χ3n) is 2.63. The summed E-state index contributed by atoms with van der Waals surface area (Å²) in [6.45, 7) is 0.139. The van der Waals surface area contributed by atoms with Gasteiger partial charge in [0.05, 0.1) is 11.4 Å². The van der Waals surface area contributed by atoms with Crippen LogP contribution >= 0.6 is 11.3 Å². The van der Waals surface area contributed by atoms with Crippen LogP contribution in [-0.4, -0.2) is 25.1 Å². The third kappa shape index (κ3) is 3.22. The zero-order valence-corrected chi connectivity index (χ0v) is 11.7. The Morgan fingerprint density at radius 2 is 2.09 bits per heavy atom. The molecule has 0 aliphatic heterocycles. The van der Waals surface area contributed by atoms with Crippen LogP contribution in [0.15, 0.2) is 29.8 Å². The molecule has 22 heavy (non-hydrogen) atoms. The number of aromatic amines is 1.